The Bertz CT molecular complexity index is 763. The molecule has 1 N–H and O–H groups in total. The monoisotopic (exact) mass is 374 g/mol. The molecule has 0 unspecified atom stereocenters. The lowest BCUT2D eigenvalue weighted by molar-refractivity contribution is -0.123. The lowest BCUT2D eigenvalue weighted by atomic mass is 10.2. The Morgan fingerprint density at radius 1 is 1.15 bits per heavy atom. The topological polar surface area (TPSA) is 69.2 Å². The van der Waals surface area contributed by atoms with Crippen molar-refractivity contribution in [3.05, 3.63) is 53.8 Å². The van der Waals surface area contributed by atoms with Crippen molar-refractivity contribution in [3.63, 3.8) is 0 Å². The Morgan fingerprint density at radius 2 is 1.93 bits per heavy atom. The van der Waals surface area contributed by atoms with Gasteiger partial charge in [0.15, 0.2) is 18.1 Å². The average Bonchev–Trinajstić information content (AvgIpc) is 2.68. The zero-order valence-electron chi connectivity index (χ0n) is 15.4. The first kappa shape index (κ1) is 20.2. The summed E-state index contributed by atoms with van der Waals surface area (Å²) in [6.45, 7) is 2.50. The lowest BCUT2D eigenvalue weighted by Gasteiger charge is -2.10. The molecule has 0 saturated heterocycles. The molecule has 0 fully saturated rings. The van der Waals surface area contributed by atoms with Gasteiger partial charge < -0.3 is 14.2 Å². The van der Waals surface area contributed by atoms with Crippen LogP contribution in [0.5, 0.6) is 17.2 Å². The first-order valence-electron chi connectivity index (χ1n) is 8.63. The van der Waals surface area contributed by atoms with E-state index in [-0.39, 0.29) is 12.4 Å². The van der Waals surface area contributed by atoms with Crippen LogP contribution in [0.4, 0.5) is 4.39 Å². The molecule has 0 heterocycles. The maximum Gasteiger partial charge on any atom is 0.277 e. The van der Waals surface area contributed by atoms with Crippen LogP contribution in [0, 0.1) is 5.82 Å². The van der Waals surface area contributed by atoms with E-state index in [1.807, 2.05) is 6.07 Å². The molecule has 0 aliphatic rings. The minimum atomic E-state index is -0.429. The van der Waals surface area contributed by atoms with Gasteiger partial charge in [0.1, 0.15) is 11.6 Å². The summed E-state index contributed by atoms with van der Waals surface area (Å²) in [5, 5.41) is 3.89. The Hall–Kier alpha value is -3.09. The zero-order chi connectivity index (χ0) is 19.5. The SMILES string of the molecule is CCCCOc1ccc(/C=N/NC(=O)COc2ccc(F)cc2)cc1OC. The second kappa shape index (κ2) is 10.8. The summed E-state index contributed by atoms with van der Waals surface area (Å²) in [5.41, 5.74) is 3.11. The van der Waals surface area contributed by atoms with Gasteiger partial charge in [-0.25, -0.2) is 9.82 Å². The molecule has 0 saturated carbocycles. The molecule has 27 heavy (non-hydrogen) atoms. The summed E-state index contributed by atoms with van der Waals surface area (Å²) in [4.78, 5) is 11.7. The van der Waals surface area contributed by atoms with E-state index in [1.165, 1.54) is 30.5 Å². The number of hydrogen-bond donors (Lipinski definition) is 1. The Balaban J connectivity index is 1.83. The van der Waals surface area contributed by atoms with Gasteiger partial charge in [-0.05, 0) is 54.4 Å². The van der Waals surface area contributed by atoms with Crippen molar-refractivity contribution in [1.29, 1.82) is 0 Å². The number of hydrogen-bond acceptors (Lipinski definition) is 5. The number of benzene rings is 2. The van der Waals surface area contributed by atoms with Crippen molar-refractivity contribution < 1.29 is 23.4 Å². The lowest BCUT2D eigenvalue weighted by Crippen LogP contribution is -2.24. The summed E-state index contributed by atoms with van der Waals surface area (Å²) >= 11 is 0. The highest BCUT2D eigenvalue weighted by atomic mass is 19.1. The van der Waals surface area contributed by atoms with Gasteiger partial charge >= 0.3 is 0 Å². The van der Waals surface area contributed by atoms with Crippen LogP contribution in [0.3, 0.4) is 0 Å². The molecule has 0 aliphatic carbocycles. The number of carbonyl (C=O) groups excluding carboxylic acids is 1. The maximum absolute atomic E-state index is 12.8. The van der Waals surface area contributed by atoms with Gasteiger partial charge in [-0.2, -0.15) is 5.10 Å². The van der Waals surface area contributed by atoms with Gasteiger partial charge in [0.2, 0.25) is 0 Å². The molecule has 0 atom stereocenters. The van der Waals surface area contributed by atoms with Crippen molar-refractivity contribution in [3.8, 4) is 17.2 Å². The summed E-state index contributed by atoms with van der Waals surface area (Å²) < 4.78 is 29.0. The molecule has 0 aromatic heterocycles. The van der Waals surface area contributed by atoms with Crippen LogP contribution in [-0.2, 0) is 4.79 Å². The van der Waals surface area contributed by atoms with E-state index in [4.69, 9.17) is 14.2 Å². The van der Waals surface area contributed by atoms with E-state index in [0.717, 1.165) is 18.4 Å². The fourth-order valence-electron chi connectivity index (χ4n) is 2.10. The van der Waals surface area contributed by atoms with Gasteiger partial charge in [-0.1, -0.05) is 13.3 Å². The van der Waals surface area contributed by atoms with Crippen LogP contribution >= 0.6 is 0 Å². The minimum Gasteiger partial charge on any atom is -0.493 e. The van der Waals surface area contributed by atoms with Crippen molar-refractivity contribution in [2.75, 3.05) is 20.3 Å². The molecule has 7 heteroatoms. The van der Waals surface area contributed by atoms with Crippen LogP contribution < -0.4 is 19.6 Å². The van der Waals surface area contributed by atoms with Crippen molar-refractivity contribution >= 4 is 12.1 Å². The maximum atomic E-state index is 12.8. The van der Waals surface area contributed by atoms with Gasteiger partial charge in [0.25, 0.3) is 5.91 Å². The third-order valence-electron chi connectivity index (χ3n) is 3.53. The average molecular weight is 374 g/mol. The predicted octanol–water partition coefficient (Wildman–Crippen LogP) is 3.54. The van der Waals surface area contributed by atoms with E-state index in [0.29, 0.717) is 23.9 Å². The number of unbranched alkanes of at least 4 members (excludes halogenated alkanes) is 1. The van der Waals surface area contributed by atoms with Gasteiger partial charge in [-0.3, -0.25) is 4.79 Å². The molecule has 2 rings (SSSR count). The Morgan fingerprint density at radius 3 is 2.63 bits per heavy atom. The molecule has 6 nitrogen and oxygen atoms in total. The normalized spacial score (nSPS) is 10.6. The van der Waals surface area contributed by atoms with Gasteiger partial charge in [0.05, 0.1) is 19.9 Å². The first-order valence-corrected chi connectivity index (χ1v) is 8.63. The Kier molecular flexibility index (Phi) is 8.09. The van der Waals surface area contributed by atoms with E-state index in [9.17, 15) is 9.18 Å². The third-order valence-corrected chi connectivity index (χ3v) is 3.53. The van der Waals surface area contributed by atoms with E-state index in [1.54, 1.807) is 19.2 Å². The number of ether oxygens (including phenoxy) is 3. The quantitative estimate of drug-likeness (QED) is 0.392. The molecule has 2 aromatic rings. The number of amides is 1. The van der Waals surface area contributed by atoms with Crippen LogP contribution in [0.2, 0.25) is 0 Å². The van der Waals surface area contributed by atoms with E-state index >= 15 is 0 Å². The van der Waals surface area contributed by atoms with Crippen LogP contribution in [0.15, 0.2) is 47.6 Å². The molecular formula is C20H23FN2O4. The molecular weight excluding hydrogens is 351 g/mol. The van der Waals surface area contributed by atoms with Gasteiger partial charge in [0, 0.05) is 0 Å². The number of nitrogens with one attached hydrogen (secondary N) is 1. The number of carbonyl (C=O) groups is 1. The molecule has 0 aliphatic heterocycles. The second-order valence-corrected chi connectivity index (χ2v) is 5.65. The summed E-state index contributed by atoms with van der Waals surface area (Å²) in [6, 6.07) is 10.8. The molecule has 0 spiro atoms. The summed E-state index contributed by atoms with van der Waals surface area (Å²) in [7, 11) is 1.57. The number of methoxy groups -OCH3 is 1. The fraction of sp³-hybridized carbons (Fsp3) is 0.300. The van der Waals surface area contributed by atoms with Gasteiger partial charge in [-0.15, -0.1) is 0 Å². The number of hydrazone groups is 1. The fourth-order valence-corrected chi connectivity index (χ4v) is 2.10. The standard InChI is InChI=1S/C20H23FN2O4/c1-3-4-11-26-18-10-5-15(12-19(18)25-2)13-22-23-20(24)14-27-17-8-6-16(21)7-9-17/h5-10,12-13H,3-4,11,14H2,1-2H3,(H,23,24)/b22-13+. The summed E-state index contributed by atoms with van der Waals surface area (Å²) in [5.74, 6) is 0.871. The highest BCUT2D eigenvalue weighted by Gasteiger charge is 2.05. The van der Waals surface area contributed by atoms with Crippen LogP contribution in [0.1, 0.15) is 25.3 Å². The predicted molar refractivity (Wildman–Crippen MR) is 101 cm³/mol. The van der Waals surface area contributed by atoms with Crippen LogP contribution in [0.25, 0.3) is 0 Å². The van der Waals surface area contributed by atoms with Crippen molar-refractivity contribution in [2.24, 2.45) is 5.10 Å². The van der Waals surface area contributed by atoms with Crippen LogP contribution in [-0.4, -0.2) is 32.4 Å². The van der Waals surface area contributed by atoms with E-state index < -0.39 is 5.91 Å². The number of nitrogens with zero attached hydrogens (tertiary/aromatic N) is 1. The highest BCUT2D eigenvalue weighted by molar-refractivity contribution is 5.83. The molecule has 0 bridgehead atoms. The molecule has 144 valence electrons. The van der Waals surface area contributed by atoms with Crippen molar-refractivity contribution in [1.82, 2.24) is 5.43 Å². The molecule has 2 aromatic carbocycles. The summed E-state index contributed by atoms with van der Waals surface area (Å²) in [6.07, 6.45) is 3.52. The smallest absolute Gasteiger partial charge is 0.277 e. The zero-order valence-corrected chi connectivity index (χ0v) is 15.4. The number of halogens is 1. The number of rotatable bonds is 10. The second-order valence-electron chi connectivity index (χ2n) is 5.65. The van der Waals surface area contributed by atoms with E-state index in [2.05, 4.69) is 17.5 Å². The minimum absolute atomic E-state index is 0.226. The highest BCUT2D eigenvalue weighted by Crippen LogP contribution is 2.27. The Labute approximate surface area is 157 Å². The largest absolute Gasteiger partial charge is 0.493 e. The first-order chi connectivity index (χ1) is 13.1. The third kappa shape index (κ3) is 6.97. The molecule has 0 radical (unpaired) electrons. The molecule has 1 amide bonds. The van der Waals surface area contributed by atoms with Crippen molar-refractivity contribution in [2.45, 2.75) is 19.8 Å².